The average molecular weight is 387 g/mol. The lowest BCUT2D eigenvalue weighted by atomic mass is 9.71. The topological polar surface area (TPSA) is 87.1 Å². The molecular formula is C21H22FNO5. The van der Waals surface area contributed by atoms with Crippen molar-refractivity contribution in [2.75, 3.05) is 20.2 Å². The number of methoxy groups -OCH3 is 1. The molecule has 7 heteroatoms. The van der Waals surface area contributed by atoms with Crippen molar-refractivity contribution in [3.05, 3.63) is 65.5 Å². The van der Waals surface area contributed by atoms with Crippen molar-refractivity contribution in [1.82, 2.24) is 4.90 Å². The van der Waals surface area contributed by atoms with Crippen LogP contribution in [0.25, 0.3) is 0 Å². The molecule has 2 N–H and O–H groups in total. The summed E-state index contributed by atoms with van der Waals surface area (Å²) >= 11 is 0. The van der Waals surface area contributed by atoms with E-state index >= 15 is 0 Å². The first-order valence-electron chi connectivity index (χ1n) is 8.95. The molecule has 0 spiro atoms. The van der Waals surface area contributed by atoms with Gasteiger partial charge in [-0.05, 0) is 30.5 Å². The second kappa shape index (κ2) is 7.98. The van der Waals surface area contributed by atoms with E-state index in [1.807, 2.05) is 30.3 Å². The van der Waals surface area contributed by atoms with Crippen LogP contribution in [0.3, 0.4) is 0 Å². The van der Waals surface area contributed by atoms with Crippen LogP contribution >= 0.6 is 0 Å². The summed E-state index contributed by atoms with van der Waals surface area (Å²) in [4.78, 5) is 26.3. The number of aliphatic hydroxyl groups is 1. The maximum absolute atomic E-state index is 13.4. The molecule has 1 amide bonds. The molecular weight excluding hydrogens is 365 g/mol. The molecule has 0 radical (unpaired) electrons. The number of aliphatic carboxylic acids is 1. The highest BCUT2D eigenvalue weighted by molar-refractivity contribution is 5.97. The van der Waals surface area contributed by atoms with Crippen LogP contribution < -0.4 is 4.74 Å². The van der Waals surface area contributed by atoms with Gasteiger partial charge in [0.15, 0.2) is 0 Å². The SMILES string of the molecule is COc1cc(F)ccc1C(=O)N1CC[C@](Cc2ccccc2)(C(=O)O)[C@@H](O)C1. The maximum Gasteiger partial charge on any atom is 0.312 e. The molecule has 2 aromatic carbocycles. The molecule has 3 rings (SSSR count). The van der Waals surface area contributed by atoms with Crippen LogP contribution in [0.4, 0.5) is 4.39 Å². The molecule has 0 saturated carbocycles. The van der Waals surface area contributed by atoms with Crippen LogP contribution in [0.2, 0.25) is 0 Å². The fraction of sp³-hybridized carbons (Fsp3) is 0.333. The first kappa shape index (κ1) is 19.8. The minimum Gasteiger partial charge on any atom is -0.496 e. The Labute approximate surface area is 162 Å². The van der Waals surface area contributed by atoms with Gasteiger partial charge < -0.3 is 19.8 Å². The molecule has 1 fully saturated rings. The number of hydrogen-bond donors (Lipinski definition) is 2. The number of hydrogen-bond acceptors (Lipinski definition) is 4. The summed E-state index contributed by atoms with van der Waals surface area (Å²) in [7, 11) is 1.34. The Balaban J connectivity index is 1.81. The van der Waals surface area contributed by atoms with Crippen molar-refractivity contribution in [3.8, 4) is 5.75 Å². The molecule has 28 heavy (non-hydrogen) atoms. The van der Waals surface area contributed by atoms with Crippen molar-refractivity contribution in [2.45, 2.75) is 18.9 Å². The fourth-order valence-electron chi connectivity index (χ4n) is 3.66. The zero-order chi connectivity index (χ0) is 20.3. The Bertz CT molecular complexity index is 872. The molecule has 148 valence electrons. The number of carboxylic acid groups (broad SMARTS) is 1. The molecule has 1 heterocycles. The number of carbonyl (C=O) groups is 2. The normalized spacial score (nSPS) is 22.0. The second-order valence-electron chi connectivity index (χ2n) is 6.99. The number of rotatable bonds is 5. The number of carboxylic acids is 1. The van der Waals surface area contributed by atoms with E-state index < -0.39 is 29.2 Å². The summed E-state index contributed by atoms with van der Waals surface area (Å²) < 4.78 is 18.5. The number of carbonyl (C=O) groups excluding carboxylic acids is 1. The number of aliphatic hydroxyl groups excluding tert-OH is 1. The first-order chi connectivity index (χ1) is 13.4. The van der Waals surface area contributed by atoms with Gasteiger partial charge in [-0.3, -0.25) is 9.59 Å². The first-order valence-corrected chi connectivity index (χ1v) is 8.95. The van der Waals surface area contributed by atoms with Crippen LogP contribution in [0.5, 0.6) is 5.75 Å². The Morgan fingerprint density at radius 2 is 1.96 bits per heavy atom. The molecule has 0 aliphatic carbocycles. The van der Waals surface area contributed by atoms with Gasteiger partial charge >= 0.3 is 5.97 Å². The van der Waals surface area contributed by atoms with Crippen LogP contribution in [0.1, 0.15) is 22.3 Å². The van der Waals surface area contributed by atoms with Crippen LogP contribution in [-0.4, -0.2) is 53.3 Å². The van der Waals surface area contributed by atoms with E-state index in [1.165, 1.54) is 18.1 Å². The van der Waals surface area contributed by atoms with E-state index in [0.717, 1.165) is 17.7 Å². The molecule has 1 saturated heterocycles. The average Bonchev–Trinajstić information content (AvgIpc) is 2.69. The minimum atomic E-state index is -1.37. The Morgan fingerprint density at radius 3 is 2.57 bits per heavy atom. The van der Waals surface area contributed by atoms with Gasteiger partial charge in [0.25, 0.3) is 5.91 Å². The third-order valence-electron chi connectivity index (χ3n) is 5.33. The molecule has 2 atom stereocenters. The summed E-state index contributed by atoms with van der Waals surface area (Å²) in [6.45, 7) is 0.0358. The van der Waals surface area contributed by atoms with Gasteiger partial charge in [0.2, 0.25) is 0 Å². The van der Waals surface area contributed by atoms with E-state index in [0.29, 0.717) is 0 Å². The number of halogens is 1. The highest BCUT2D eigenvalue weighted by atomic mass is 19.1. The van der Waals surface area contributed by atoms with Crippen molar-refractivity contribution < 1.29 is 28.9 Å². The van der Waals surface area contributed by atoms with Crippen LogP contribution in [0.15, 0.2) is 48.5 Å². The van der Waals surface area contributed by atoms with E-state index in [2.05, 4.69) is 0 Å². The van der Waals surface area contributed by atoms with Crippen molar-refractivity contribution in [3.63, 3.8) is 0 Å². The number of amides is 1. The van der Waals surface area contributed by atoms with Gasteiger partial charge in [-0.25, -0.2) is 4.39 Å². The van der Waals surface area contributed by atoms with E-state index in [1.54, 1.807) is 0 Å². The second-order valence-corrected chi connectivity index (χ2v) is 6.99. The predicted molar refractivity (Wildman–Crippen MR) is 99.7 cm³/mol. The lowest BCUT2D eigenvalue weighted by Gasteiger charge is -2.43. The summed E-state index contributed by atoms with van der Waals surface area (Å²) in [5, 5.41) is 20.6. The molecule has 1 aliphatic heterocycles. The van der Waals surface area contributed by atoms with Gasteiger partial charge in [0.05, 0.1) is 18.8 Å². The summed E-state index contributed by atoms with van der Waals surface area (Å²) in [5.74, 6) is -1.96. The number of benzene rings is 2. The Morgan fingerprint density at radius 1 is 1.25 bits per heavy atom. The zero-order valence-corrected chi connectivity index (χ0v) is 15.5. The van der Waals surface area contributed by atoms with Crippen molar-refractivity contribution in [2.24, 2.45) is 5.41 Å². The lowest BCUT2D eigenvalue weighted by Crippen LogP contribution is -2.57. The van der Waals surface area contributed by atoms with Crippen LogP contribution in [-0.2, 0) is 11.2 Å². The Kier molecular flexibility index (Phi) is 5.65. The molecule has 0 aromatic heterocycles. The molecule has 2 aromatic rings. The zero-order valence-electron chi connectivity index (χ0n) is 15.5. The maximum atomic E-state index is 13.4. The minimum absolute atomic E-state index is 0.0962. The number of piperidine rings is 1. The monoisotopic (exact) mass is 387 g/mol. The van der Waals surface area contributed by atoms with Gasteiger partial charge in [-0.1, -0.05) is 30.3 Å². The number of ether oxygens (including phenoxy) is 1. The number of likely N-dealkylation sites (tertiary alicyclic amines) is 1. The van der Waals surface area contributed by atoms with Gasteiger partial charge in [-0.2, -0.15) is 0 Å². The number of β-amino-alcohol motifs (C(OH)–C–C–N with tert-alkyl or cyclic N) is 1. The van der Waals surface area contributed by atoms with Crippen LogP contribution in [0, 0.1) is 11.2 Å². The fourth-order valence-corrected chi connectivity index (χ4v) is 3.66. The number of nitrogens with zero attached hydrogens (tertiary/aromatic N) is 1. The highest BCUT2D eigenvalue weighted by Crippen LogP contribution is 2.37. The largest absolute Gasteiger partial charge is 0.496 e. The van der Waals surface area contributed by atoms with Gasteiger partial charge in [0, 0.05) is 19.2 Å². The summed E-state index contributed by atoms with van der Waals surface area (Å²) in [6.07, 6.45) is -0.964. The molecule has 1 aliphatic rings. The summed E-state index contributed by atoms with van der Waals surface area (Å²) in [6, 6.07) is 12.7. The quantitative estimate of drug-likeness (QED) is 0.823. The molecule has 0 unspecified atom stereocenters. The predicted octanol–water partition coefficient (Wildman–Crippen LogP) is 2.35. The van der Waals surface area contributed by atoms with Gasteiger partial charge in [0.1, 0.15) is 17.0 Å². The molecule has 6 nitrogen and oxygen atoms in total. The smallest absolute Gasteiger partial charge is 0.312 e. The van der Waals surface area contributed by atoms with E-state index in [-0.39, 0.29) is 37.2 Å². The van der Waals surface area contributed by atoms with Crippen molar-refractivity contribution in [1.29, 1.82) is 0 Å². The van der Waals surface area contributed by atoms with Gasteiger partial charge in [-0.15, -0.1) is 0 Å². The lowest BCUT2D eigenvalue weighted by molar-refractivity contribution is -0.161. The molecule has 0 bridgehead atoms. The van der Waals surface area contributed by atoms with E-state index in [9.17, 15) is 24.2 Å². The highest BCUT2D eigenvalue weighted by Gasteiger charge is 2.49. The van der Waals surface area contributed by atoms with Crippen molar-refractivity contribution >= 4 is 11.9 Å². The standard InChI is InChI=1S/C21H22FNO5/c1-28-17-11-15(22)7-8-16(17)19(25)23-10-9-21(20(26)27,18(24)13-23)12-14-5-3-2-4-6-14/h2-8,11,18,24H,9-10,12-13H2,1H3,(H,26,27)/t18-,21+/m0/s1. The van der Waals surface area contributed by atoms with E-state index in [4.69, 9.17) is 4.74 Å². The third-order valence-corrected chi connectivity index (χ3v) is 5.33. The Hall–Kier alpha value is -2.93. The third kappa shape index (κ3) is 3.71. The summed E-state index contributed by atoms with van der Waals surface area (Å²) in [5.41, 5.74) is -0.392.